The van der Waals surface area contributed by atoms with Crippen LogP contribution in [0.5, 0.6) is 0 Å². The van der Waals surface area contributed by atoms with Crippen molar-refractivity contribution < 1.29 is 4.79 Å². The van der Waals surface area contributed by atoms with Crippen LogP contribution in [0.1, 0.15) is 11.1 Å². The van der Waals surface area contributed by atoms with Crippen LogP contribution < -0.4 is 11.1 Å². The maximum Gasteiger partial charge on any atom is 0.224 e. The average molecular weight is 235 g/mol. The molecule has 0 unspecified atom stereocenters. The predicted octanol–water partition coefficient (Wildman–Crippen LogP) is 0.366. The minimum Gasteiger partial charge on any atom is -0.355 e. The molecule has 0 heterocycles. The topological polar surface area (TPSA) is 58.4 Å². The van der Waals surface area contributed by atoms with Gasteiger partial charge in [-0.25, -0.2) is 0 Å². The molecule has 0 radical (unpaired) electrons. The number of hydrogen-bond acceptors (Lipinski definition) is 3. The third kappa shape index (κ3) is 5.47. The zero-order chi connectivity index (χ0) is 12.7. The fourth-order valence-corrected chi connectivity index (χ4v) is 1.46. The first-order valence-corrected chi connectivity index (χ1v) is 5.81. The van der Waals surface area contributed by atoms with E-state index < -0.39 is 0 Å². The molecule has 1 aromatic carbocycles. The summed E-state index contributed by atoms with van der Waals surface area (Å²) >= 11 is 0. The summed E-state index contributed by atoms with van der Waals surface area (Å²) in [6.45, 7) is 2.08. The standard InChI is InChI=1S/C13H21N3O/c1-16(2)8-7-15-13(17)9-11-3-5-12(10-14)6-4-11/h3-6H,7-10,14H2,1-2H3,(H,15,17). The molecule has 0 aromatic heterocycles. The van der Waals surface area contributed by atoms with E-state index in [9.17, 15) is 4.79 Å². The van der Waals surface area contributed by atoms with Crippen LogP contribution in [-0.2, 0) is 17.8 Å². The van der Waals surface area contributed by atoms with Crippen LogP contribution in [0.4, 0.5) is 0 Å². The monoisotopic (exact) mass is 235 g/mol. The van der Waals surface area contributed by atoms with E-state index in [-0.39, 0.29) is 5.91 Å². The number of nitrogens with zero attached hydrogens (tertiary/aromatic N) is 1. The molecule has 1 amide bonds. The fourth-order valence-electron chi connectivity index (χ4n) is 1.46. The lowest BCUT2D eigenvalue weighted by molar-refractivity contribution is -0.120. The largest absolute Gasteiger partial charge is 0.355 e. The molecule has 1 rings (SSSR count). The first kappa shape index (κ1) is 13.7. The number of amides is 1. The summed E-state index contributed by atoms with van der Waals surface area (Å²) in [5, 5.41) is 2.89. The zero-order valence-corrected chi connectivity index (χ0v) is 10.6. The van der Waals surface area contributed by atoms with Gasteiger partial charge < -0.3 is 16.0 Å². The van der Waals surface area contributed by atoms with Crippen molar-refractivity contribution in [3.05, 3.63) is 35.4 Å². The highest BCUT2D eigenvalue weighted by Crippen LogP contribution is 2.04. The van der Waals surface area contributed by atoms with Gasteiger partial charge in [0.25, 0.3) is 0 Å². The Bertz CT molecular complexity index is 346. The maximum absolute atomic E-state index is 11.6. The third-order valence-electron chi connectivity index (χ3n) is 2.50. The van der Waals surface area contributed by atoms with Gasteiger partial charge in [0.2, 0.25) is 5.91 Å². The highest BCUT2D eigenvalue weighted by atomic mass is 16.1. The summed E-state index contributed by atoms with van der Waals surface area (Å²) in [4.78, 5) is 13.6. The highest BCUT2D eigenvalue weighted by molar-refractivity contribution is 5.78. The molecule has 0 saturated carbocycles. The second-order valence-electron chi connectivity index (χ2n) is 4.35. The van der Waals surface area contributed by atoms with Crippen molar-refractivity contribution in [3.8, 4) is 0 Å². The van der Waals surface area contributed by atoms with Crippen molar-refractivity contribution in [2.45, 2.75) is 13.0 Å². The third-order valence-corrected chi connectivity index (χ3v) is 2.50. The molecule has 0 aliphatic carbocycles. The number of rotatable bonds is 6. The summed E-state index contributed by atoms with van der Waals surface area (Å²) in [5.41, 5.74) is 7.61. The second kappa shape index (κ2) is 7.04. The van der Waals surface area contributed by atoms with E-state index in [0.717, 1.165) is 17.7 Å². The van der Waals surface area contributed by atoms with E-state index >= 15 is 0 Å². The first-order chi connectivity index (χ1) is 8.11. The average Bonchev–Trinajstić information content (AvgIpc) is 2.29. The summed E-state index contributed by atoms with van der Waals surface area (Å²) in [7, 11) is 3.97. The van der Waals surface area contributed by atoms with E-state index in [4.69, 9.17) is 5.73 Å². The molecule has 0 aliphatic rings. The summed E-state index contributed by atoms with van der Waals surface area (Å²) in [5.74, 6) is 0.0624. The Hall–Kier alpha value is -1.39. The molecule has 4 nitrogen and oxygen atoms in total. The van der Waals surface area contributed by atoms with Gasteiger partial charge in [0.1, 0.15) is 0 Å². The number of nitrogens with two attached hydrogens (primary N) is 1. The van der Waals surface area contributed by atoms with Gasteiger partial charge in [0, 0.05) is 19.6 Å². The van der Waals surface area contributed by atoms with Gasteiger partial charge in [0.15, 0.2) is 0 Å². The van der Waals surface area contributed by atoms with Gasteiger partial charge in [-0.1, -0.05) is 24.3 Å². The SMILES string of the molecule is CN(C)CCNC(=O)Cc1ccc(CN)cc1. The molecule has 1 aromatic rings. The van der Waals surface area contributed by atoms with Crippen molar-refractivity contribution in [1.82, 2.24) is 10.2 Å². The number of hydrogen-bond donors (Lipinski definition) is 2. The second-order valence-corrected chi connectivity index (χ2v) is 4.35. The smallest absolute Gasteiger partial charge is 0.224 e. The predicted molar refractivity (Wildman–Crippen MR) is 69.6 cm³/mol. The lowest BCUT2D eigenvalue weighted by Crippen LogP contribution is -2.32. The molecular formula is C13H21N3O. The van der Waals surface area contributed by atoms with Crippen molar-refractivity contribution in [1.29, 1.82) is 0 Å². The number of carbonyl (C=O) groups is 1. The lowest BCUT2D eigenvalue weighted by Gasteiger charge is -2.10. The first-order valence-electron chi connectivity index (χ1n) is 5.81. The Labute approximate surface area is 103 Å². The molecule has 3 N–H and O–H groups in total. The van der Waals surface area contributed by atoms with Gasteiger partial charge in [-0.15, -0.1) is 0 Å². The molecule has 0 bridgehead atoms. The van der Waals surface area contributed by atoms with Gasteiger partial charge in [-0.2, -0.15) is 0 Å². The van der Waals surface area contributed by atoms with Crippen molar-refractivity contribution in [2.24, 2.45) is 5.73 Å². The molecule has 4 heteroatoms. The summed E-state index contributed by atoms with van der Waals surface area (Å²) in [6, 6.07) is 7.83. The quantitative estimate of drug-likeness (QED) is 0.749. The molecule has 0 fully saturated rings. The Balaban J connectivity index is 2.34. The normalized spacial score (nSPS) is 10.6. The van der Waals surface area contributed by atoms with Gasteiger partial charge in [-0.3, -0.25) is 4.79 Å². The number of likely N-dealkylation sites (N-methyl/N-ethyl adjacent to an activating group) is 1. The minimum absolute atomic E-state index is 0.0624. The van der Waals surface area contributed by atoms with Crippen LogP contribution in [0.3, 0.4) is 0 Å². The van der Waals surface area contributed by atoms with E-state index in [1.54, 1.807) is 0 Å². The number of nitrogens with one attached hydrogen (secondary N) is 1. The number of benzene rings is 1. The summed E-state index contributed by atoms with van der Waals surface area (Å²) in [6.07, 6.45) is 0.429. The Morgan fingerprint density at radius 1 is 1.24 bits per heavy atom. The molecule has 94 valence electrons. The van der Waals surface area contributed by atoms with Crippen LogP contribution in [0.15, 0.2) is 24.3 Å². The Morgan fingerprint density at radius 3 is 2.35 bits per heavy atom. The Morgan fingerprint density at radius 2 is 1.82 bits per heavy atom. The molecular weight excluding hydrogens is 214 g/mol. The van der Waals surface area contributed by atoms with Crippen molar-refractivity contribution in [2.75, 3.05) is 27.2 Å². The lowest BCUT2D eigenvalue weighted by atomic mass is 10.1. The van der Waals surface area contributed by atoms with Crippen LogP contribution in [0.2, 0.25) is 0 Å². The van der Waals surface area contributed by atoms with E-state index in [0.29, 0.717) is 19.5 Å². The van der Waals surface area contributed by atoms with Gasteiger partial charge in [0.05, 0.1) is 6.42 Å². The molecule has 0 spiro atoms. The molecule has 0 aliphatic heterocycles. The number of carbonyl (C=O) groups excluding carboxylic acids is 1. The van der Waals surface area contributed by atoms with Crippen LogP contribution in [0, 0.1) is 0 Å². The van der Waals surface area contributed by atoms with Gasteiger partial charge >= 0.3 is 0 Å². The molecule has 0 saturated heterocycles. The van der Waals surface area contributed by atoms with Crippen LogP contribution in [0.25, 0.3) is 0 Å². The zero-order valence-electron chi connectivity index (χ0n) is 10.6. The Kier molecular flexibility index (Phi) is 5.66. The minimum atomic E-state index is 0.0624. The van der Waals surface area contributed by atoms with Crippen molar-refractivity contribution in [3.63, 3.8) is 0 Å². The molecule has 0 atom stereocenters. The highest BCUT2D eigenvalue weighted by Gasteiger charge is 2.02. The fraction of sp³-hybridized carbons (Fsp3) is 0.462. The van der Waals surface area contributed by atoms with E-state index in [1.807, 2.05) is 43.3 Å². The van der Waals surface area contributed by atoms with Crippen LogP contribution in [-0.4, -0.2) is 38.0 Å². The van der Waals surface area contributed by atoms with E-state index in [1.165, 1.54) is 0 Å². The van der Waals surface area contributed by atoms with Gasteiger partial charge in [-0.05, 0) is 25.2 Å². The van der Waals surface area contributed by atoms with E-state index in [2.05, 4.69) is 5.32 Å². The van der Waals surface area contributed by atoms with Crippen LogP contribution >= 0.6 is 0 Å². The van der Waals surface area contributed by atoms with Crippen molar-refractivity contribution >= 4 is 5.91 Å². The molecule has 17 heavy (non-hydrogen) atoms. The summed E-state index contributed by atoms with van der Waals surface area (Å²) < 4.78 is 0. The maximum atomic E-state index is 11.6.